The van der Waals surface area contributed by atoms with Gasteiger partial charge in [0.2, 0.25) is 0 Å². The fraction of sp³-hybridized carbons (Fsp3) is 0.0930. The summed E-state index contributed by atoms with van der Waals surface area (Å²) in [5, 5.41) is 2.52. The summed E-state index contributed by atoms with van der Waals surface area (Å²) in [6.45, 7) is 6.86. The van der Waals surface area contributed by atoms with Gasteiger partial charge in [-0.1, -0.05) is 117 Å². The third-order valence-corrected chi connectivity index (χ3v) is 9.52. The van der Waals surface area contributed by atoms with Crippen LogP contribution in [0.15, 0.2) is 152 Å². The molecule has 0 bridgehead atoms. The average molecular weight is 579 g/mol. The highest BCUT2D eigenvalue weighted by Gasteiger charge is 2.35. The predicted octanol–water partition coefficient (Wildman–Crippen LogP) is 11.7. The monoisotopic (exact) mass is 578 g/mol. The van der Waals surface area contributed by atoms with Gasteiger partial charge in [-0.3, -0.25) is 4.98 Å². The summed E-state index contributed by atoms with van der Waals surface area (Å²) >= 11 is 0. The number of hydrogen-bond donors (Lipinski definition) is 0. The molecule has 1 aliphatic carbocycles. The van der Waals surface area contributed by atoms with Crippen molar-refractivity contribution in [3.63, 3.8) is 0 Å². The van der Waals surface area contributed by atoms with Crippen LogP contribution in [-0.2, 0) is 5.41 Å². The lowest BCUT2D eigenvalue weighted by Gasteiger charge is -2.28. The van der Waals surface area contributed by atoms with Gasteiger partial charge in [0.1, 0.15) is 0 Å². The molecule has 0 unspecified atom stereocenters. The molecule has 0 aliphatic heterocycles. The molecule has 1 aliphatic rings. The van der Waals surface area contributed by atoms with Crippen LogP contribution in [0.4, 0.5) is 17.1 Å². The van der Waals surface area contributed by atoms with E-state index >= 15 is 0 Å². The van der Waals surface area contributed by atoms with Crippen molar-refractivity contribution in [2.45, 2.75) is 26.2 Å². The van der Waals surface area contributed by atoms with Crippen LogP contribution in [0.25, 0.3) is 44.2 Å². The fourth-order valence-electron chi connectivity index (χ4n) is 7.24. The minimum atomic E-state index is -0.0779. The van der Waals surface area contributed by atoms with Gasteiger partial charge in [0, 0.05) is 34.9 Å². The standard InChI is InChI=1S/C43H34N2/c1-29-11-4-5-14-34(29)38-22-21-35(36-15-6-7-16-37(36)38)30-12-10-13-32(27-30)45(31-23-25-44-26-24-31)33-19-20-40-39-17-8-9-18-41(39)43(2,3)42(40)28-33/h4-28H,1-3H3. The first kappa shape index (κ1) is 27.1. The zero-order valence-electron chi connectivity index (χ0n) is 25.8. The molecule has 8 rings (SSSR count). The zero-order valence-corrected chi connectivity index (χ0v) is 25.8. The highest BCUT2D eigenvalue weighted by molar-refractivity contribution is 6.05. The van der Waals surface area contributed by atoms with Crippen LogP contribution in [0, 0.1) is 6.92 Å². The van der Waals surface area contributed by atoms with Crippen molar-refractivity contribution in [3.8, 4) is 33.4 Å². The molecule has 1 aromatic heterocycles. The van der Waals surface area contributed by atoms with Crippen molar-refractivity contribution in [2.24, 2.45) is 0 Å². The molecule has 0 radical (unpaired) electrons. The van der Waals surface area contributed by atoms with Crippen LogP contribution in [0.5, 0.6) is 0 Å². The summed E-state index contributed by atoms with van der Waals surface area (Å²) in [6, 6.07) is 50.9. The summed E-state index contributed by atoms with van der Waals surface area (Å²) in [5.41, 5.74) is 14.9. The van der Waals surface area contributed by atoms with Crippen LogP contribution in [0.3, 0.4) is 0 Å². The number of nitrogens with zero attached hydrogens (tertiary/aromatic N) is 2. The van der Waals surface area contributed by atoms with E-state index < -0.39 is 0 Å². The summed E-state index contributed by atoms with van der Waals surface area (Å²) < 4.78 is 0. The number of anilines is 3. The van der Waals surface area contributed by atoms with Gasteiger partial charge in [0.05, 0.1) is 0 Å². The molecule has 0 fully saturated rings. The number of rotatable bonds is 5. The Hall–Kier alpha value is -5.47. The minimum Gasteiger partial charge on any atom is -0.310 e. The van der Waals surface area contributed by atoms with Crippen LogP contribution in [0.2, 0.25) is 0 Å². The summed E-state index contributed by atoms with van der Waals surface area (Å²) in [4.78, 5) is 6.69. The molecule has 7 aromatic rings. The van der Waals surface area contributed by atoms with E-state index in [0.717, 1.165) is 17.1 Å². The van der Waals surface area contributed by atoms with E-state index in [1.165, 1.54) is 60.8 Å². The van der Waals surface area contributed by atoms with E-state index in [9.17, 15) is 0 Å². The Morgan fingerprint density at radius 2 is 1.09 bits per heavy atom. The van der Waals surface area contributed by atoms with E-state index in [1.807, 2.05) is 12.4 Å². The Balaban J connectivity index is 1.28. The number of benzene rings is 6. The Bertz CT molecular complexity index is 2210. The molecular formula is C43H34N2. The molecule has 0 amide bonds. The van der Waals surface area contributed by atoms with E-state index in [0.29, 0.717) is 0 Å². The molecular weight excluding hydrogens is 544 g/mol. The average Bonchev–Trinajstić information content (AvgIpc) is 3.31. The molecule has 1 heterocycles. The second-order valence-corrected chi connectivity index (χ2v) is 12.5. The maximum atomic E-state index is 4.34. The van der Waals surface area contributed by atoms with Crippen LogP contribution >= 0.6 is 0 Å². The van der Waals surface area contributed by atoms with Gasteiger partial charge in [-0.05, 0) is 104 Å². The second kappa shape index (κ2) is 10.6. The molecule has 2 heteroatoms. The normalized spacial score (nSPS) is 13.0. The topological polar surface area (TPSA) is 16.1 Å². The van der Waals surface area contributed by atoms with Crippen molar-refractivity contribution < 1.29 is 0 Å². The van der Waals surface area contributed by atoms with Gasteiger partial charge in [-0.15, -0.1) is 0 Å². The Morgan fingerprint density at radius 1 is 0.467 bits per heavy atom. The molecule has 0 spiro atoms. The van der Waals surface area contributed by atoms with Crippen LogP contribution < -0.4 is 4.90 Å². The van der Waals surface area contributed by atoms with Gasteiger partial charge in [0.15, 0.2) is 0 Å². The van der Waals surface area contributed by atoms with E-state index in [2.05, 4.69) is 170 Å². The number of aryl methyl sites for hydroxylation is 1. The Kier molecular flexibility index (Phi) is 6.39. The van der Waals surface area contributed by atoms with Crippen LogP contribution in [0.1, 0.15) is 30.5 Å². The lowest BCUT2D eigenvalue weighted by Crippen LogP contribution is -2.16. The van der Waals surface area contributed by atoms with Gasteiger partial charge in [0.25, 0.3) is 0 Å². The van der Waals surface area contributed by atoms with Crippen molar-refractivity contribution in [1.82, 2.24) is 4.98 Å². The van der Waals surface area contributed by atoms with Crippen LogP contribution in [-0.4, -0.2) is 4.98 Å². The zero-order chi connectivity index (χ0) is 30.5. The first-order valence-electron chi connectivity index (χ1n) is 15.6. The molecule has 6 aromatic carbocycles. The minimum absolute atomic E-state index is 0.0779. The molecule has 216 valence electrons. The summed E-state index contributed by atoms with van der Waals surface area (Å²) in [7, 11) is 0. The lowest BCUT2D eigenvalue weighted by molar-refractivity contribution is 0.660. The lowest BCUT2D eigenvalue weighted by atomic mass is 9.82. The fourth-order valence-corrected chi connectivity index (χ4v) is 7.24. The maximum absolute atomic E-state index is 4.34. The first-order chi connectivity index (χ1) is 22.0. The van der Waals surface area contributed by atoms with E-state index in [4.69, 9.17) is 0 Å². The van der Waals surface area contributed by atoms with Gasteiger partial charge < -0.3 is 4.90 Å². The number of hydrogen-bond acceptors (Lipinski definition) is 2. The number of aromatic nitrogens is 1. The summed E-state index contributed by atoms with van der Waals surface area (Å²) in [6.07, 6.45) is 3.74. The Morgan fingerprint density at radius 3 is 1.89 bits per heavy atom. The quantitative estimate of drug-likeness (QED) is 0.202. The highest BCUT2D eigenvalue weighted by Crippen LogP contribution is 2.50. The number of fused-ring (bicyclic) bond motifs is 4. The smallest absolute Gasteiger partial charge is 0.0492 e. The van der Waals surface area contributed by atoms with Crippen molar-refractivity contribution in [3.05, 3.63) is 169 Å². The molecule has 0 N–H and O–H groups in total. The third kappa shape index (κ3) is 4.45. The van der Waals surface area contributed by atoms with Crippen molar-refractivity contribution in [1.29, 1.82) is 0 Å². The second-order valence-electron chi connectivity index (χ2n) is 12.5. The molecule has 45 heavy (non-hydrogen) atoms. The third-order valence-electron chi connectivity index (χ3n) is 9.52. The first-order valence-corrected chi connectivity index (χ1v) is 15.6. The molecule has 0 saturated heterocycles. The highest BCUT2D eigenvalue weighted by atomic mass is 15.1. The van der Waals surface area contributed by atoms with Crippen molar-refractivity contribution in [2.75, 3.05) is 4.90 Å². The van der Waals surface area contributed by atoms with Gasteiger partial charge in [-0.25, -0.2) is 0 Å². The number of pyridine rings is 1. The molecule has 0 saturated carbocycles. The maximum Gasteiger partial charge on any atom is 0.0492 e. The van der Waals surface area contributed by atoms with E-state index in [1.54, 1.807) is 0 Å². The SMILES string of the molecule is Cc1ccccc1-c1ccc(-c2cccc(N(c3ccncc3)c3ccc4c(c3)C(C)(C)c3ccccc3-4)c2)c2ccccc12. The Labute approximate surface area is 265 Å². The predicted molar refractivity (Wildman–Crippen MR) is 190 cm³/mol. The van der Waals surface area contributed by atoms with Gasteiger partial charge in [-0.2, -0.15) is 0 Å². The van der Waals surface area contributed by atoms with Crippen molar-refractivity contribution >= 4 is 27.8 Å². The largest absolute Gasteiger partial charge is 0.310 e. The molecule has 2 nitrogen and oxygen atoms in total. The molecule has 0 atom stereocenters. The summed E-state index contributed by atoms with van der Waals surface area (Å²) in [5.74, 6) is 0. The van der Waals surface area contributed by atoms with Gasteiger partial charge >= 0.3 is 0 Å². The van der Waals surface area contributed by atoms with E-state index in [-0.39, 0.29) is 5.41 Å².